The van der Waals surface area contributed by atoms with Crippen molar-refractivity contribution in [1.29, 1.82) is 5.26 Å². The third kappa shape index (κ3) is 5.15. The van der Waals surface area contributed by atoms with Crippen molar-refractivity contribution >= 4 is 40.8 Å². The molecule has 0 radical (unpaired) electrons. The Morgan fingerprint density at radius 2 is 2.00 bits per heavy atom. The topological polar surface area (TPSA) is 88.4 Å². The molecule has 0 heterocycles. The molecule has 1 N–H and O–H groups in total. The smallest absolute Gasteiger partial charge is 0.350 e. The molecular formula is C16H16Cl2N2O4. The molecule has 8 heteroatoms. The van der Waals surface area contributed by atoms with Gasteiger partial charge in [-0.3, -0.25) is 0 Å². The molecule has 0 aliphatic heterocycles. The lowest BCUT2D eigenvalue weighted by molar-refractivity contribution is -0.138. The van der Waals surface area contributed by atoms with Gasteiger partial charge in [-0.1, -0.05) is 30.1 Å². The van der Waals surface area contributed by atoms with E-state index in [0.29, 0.717) is 12.1 Å². The van der Waals surface area contributed by atoms with Gasteiger partial charge in [0.25, 0.3) is 0 Å². The third-order valence-electron chi connectivity index (χ3n) is 2.72. The molecule has 24 heavy (non-hydrogen) atoms. The molecule has 0 saturated heterocycles. The van der Waals surface area contributed by atoms with Crippen molar-refractivity contribution in [2.75, 3.05) is 18.5 Å². The van der Waals surface area contributed by atoms with E-state index in [1.807, 2.05) is 6.92 Å². The second-order valence-corrected chi connectivity index (χ2v) is 5.24. The lowest BCUT2D eigenvalue weighted by Gasteiger charge is -2.11. The molecule has 0 bridgehead atoms. The summed E-state index contributed by atoms with van der Waals surface area (Å²) in [7, 11) is 0. The van der Waals surface area contributed by atoms with Crippen molar-refractivity contribution in [3.05, 3.63) is 39.5 Å². The van der Waals surface area contributed by atoms with Gasteiger partial charge in [-0.2, -0.15) is 5.26 Å². The summed E-state index contributed by atoms with van der Waals surface area (Å²) in [5.74, 6) is -1.41. The Morgan fingerprint density at radius 3 is 2.58 bits per heavy atom. The average molecular weight is 371 g/mol. The number of nitrogens with zero attached hydrogens (tertiary/aromatic N) is 1. The highest BCUT2D eigenvalue weighted by Gasteiger charge is 2.19. The van der Waals surface area contributed by atoms with Gasteiger partial charge in [0.2, 0.25) is 0 Å². The molecule has 0 amide bonds. The first-order chi connectivity index (χ1) is 11.5. The Balaban J connectivity index is 3.05. The van der Waals surface area contributed by atoms with E-state index in [1.54, 1.807) is 13.0 Å². The van der Waals surface area contributed by atoms with Crippen LogP contribution in [0.1, 0.15) is 30.6 Å². The number of benzene rings is 1. The van der Waals surface area contributed by atoms with Crippen LogP contribution in [0.15, 0.2) is 23.9 Å². The third-order valence-corrected chi connectivity index (χ3v) is 3.43. The first kappa shape index (κ1) is 19.8. The van der Waals surface area contributed by atoms with Gasteiger partial charge in [0.1, 0.15) is 6.07 Å². The number of rotatable bonds is 7. The Bertz CT molecular complexity index is 696. The molecular weight excluding hydrogens is 355 g/mol. The van der Waals surface area contributed by atoms with Crippen molar-refractivity contribution in [3.8, 4) is 6.07 Å². The SMILES string of the molecule is CCCOC(=O)C(C#N)=CNc1ccc(Cl)c(C(=O)OCC)c1Cl. The molecule has 0 saturated carbocycles. The van der Waals surface area contributed by atoms with Crippen molar-refractivity contribution in [2.45, 2.75) is 20.3 Å². The summed E-state index contributed by atoms with van der Waals surface area (Å²) >= 11 is 12.1. The number of anilines is 1. The van der Waals surface area contributed by atoms with Crippen molar-refractivity contribution in [2.24, 2.45) is 0 Å². The molecule has 0 atom stereocenters. The van der Waals surface area contributed by atoms with E-state index in [4.69, 9.17) is 37.9 Å². The first-order valence-corrected chi connectivity index (χ1v) is 7.90. The second-order valence-electron chi connectivity index (χ2n) is 4.45. The van der Waals surface area contributed by atoms with Crippen LogP contribution in [0.2, 0.25) is 10.0 Å². The van der Waals surface area contributed by atoms with Crippen LogP contribution in [0.4, 0.5) is 5.69 Å². The quantitative estimate of drug-likeness (QED) is 0.444. The largest absolute Gasteiger partial charge is 0.462 e. The average Bonchev–Trinajstić information content (AvgIpc) is 2.55. The van der Waals surface area contributed by atoms with Crippen LogP contribution < -0.4 is 5.32 Å². The molecule has 0 spiro atoms. The highest BCUT2D eigenvalue weighted by atomic mass is 35.5. The fourth-order valence-electron chi connectivity index (χ4n) is 1.61. The zero-order valence-electron chi connectivity index (χ0n) is 13.2. The lowest BCUT2D eigenvalue weighted by Crippen LogP contribution is -2.10. The molecule has 0 aliphatic carbocycles. The van der Waals surface area contributed by atoms with Crippen LogP contribution >= 0.6 is 23.2 Å². The van der Waals surface area contributed by atoms with Crippen molar-refractivity contribution in [1.82, 2.24) is 0 Å². The second kappa shape index (κ2) is 9.81. The number of hydrogen-bond acceptors (Lipinski definition) is 6. The monoisotopic (exact) mass is 370 g/mol. The number of nitrogens with one attached hydrogen (secondary N) is 1. The fraction of sp³-hybridized carbons (Fsp3) is 0.312. The highest BCUT2D eigenvalue weighted by molar-refractivity contribution is 6.41. The van der Waals surface area contributed by atoms with Crippen molar-refractivity contribution in [3.63, 3.8) is 0 Å². The molecule has 0 fully saturated rings. The summed E-state index contributed by atoms with van der Waals surface area (Å²) in [5, 5.41) is 11.9. The van der Waals surface area contributed by atoms with Gasteiger partial charge in [0, 0.05) is 6.20 Å². The zero-order chi connectivity index (χ0) is 18.1. The van der Waals surface area contributed by atoms with E-state index in [9.17, 15) is 9.59 Å². The van der Waals surface area contributed by atoms with Gasteiger partial charge in [-0.05, 0) is 25.5 Å². The molecule has 1 rings (SSSR count). The zero-order valence-corrected chi connectivity index (χ0v) is 14.7. The lowest BCUT2D eigenvalue weighted by atomic mass is 10.2. The normalized spacial score (nSPS) is 10.7. The standard InChI is InChI=1S/C16H16Cl2N2O4/c1-3-7-24-15(21)10(8-19)9-20-12-6-5-11(17)13(14(12)18)16(22)23-4-2/h5-6,9,20H,3-4,7H2,1-2H3. The molecule has 1 aromatic carbocycles. The number of ether oxygens (including phenoxy) is 2. The minimum Gasteiger partial charge on any atom is -0.462 e. The van der Waals surface area contributed by atoms with Gasteiger partial charge in [0.05, 0.1) is 34.5 Å². The summed E-state index contributed by atoms with van der Waals surface area (Å²) < 4.78 is 9.77. The van der Waals surface area contributed by atoms with Gasteiger partial charge in [0.15, 0.2) is 5.57 Å². The van der Waals surface area contributed by atoms with Crippen LogP contribution in [-0.2, 0) is 14.3 Å². The van der Waals surface area contributed by atoms with E-state index in [2.05, 4.69) is 5.32 Å². The fourth-order valence-corrected chi connectivity index (χ4v) is 2.19. The van der Waals surface area contributed by atoms with Crippen LogP contribution in [-0.4, -0.2) is 25.2 Å². The van der Waals surface area contributed by atoms with E-state index >= 15 is 0 Å². The van der Waals surface area contributed by atoms with Crippen LogP contribution in [0.5, 0.6) is 0 Å². The maximum Gasteiger partial charge on any atom is 0.350 e. The Labute approximate surface area is 149 Å². The van der Waals surface area contributed by atoms with Crippen LogP contribution in [0.25, 0.3) is 0 Å². The Kier molecular flexibility index (Phi) is 8.10. The summed E-state index contributed by atoms with van der Waals surface area (Å²) in [4.78, 5) is 23.6. The summed E-state index contributed by atoms with van der Waals surface area (Å²) in [6.45, 7) is 3.88. The molecule has 128 valence electrons. The van der Waals surface area contributed by atoms with Crippen molar-refractivity contribution < 1.29 is 19.1 Å². The van der Waals surface area contributed by atoms with Gasteiger partial charge in [-0.25, -0.2) is 9.59 Å². The number of carbonyl (C=O) groups is 2. The summed E-state index contributed by atoms with van der Waals surface area (Å²) in [6, 6.07) is 4.70. The molecule has 0 unspecified atom stereocenters. The maximum atomic E-state index is 11.9. The minimum absolute atomic E-state index is 0.00523. The minimum atomic E-state index is -0.748. The number of esters is 2. The highest BCUT2D eigenvalue weighted by Crippen LogP contribution is 2.32. The number of carbonyl (C=O) groups excluding carboxylic acids is 2. The Hall–Kier alpha value is -2.23. The summed E-state index contributed by atoms with van der Waals surface area (Å²) in [6.07, 6.45) is 1.80. The van der Waals surface area contributed by atoms with Gasteiger partial charge in [-0.15, -0.1) is 0 Å². The van der Waals surface area contributed by atoms with E-state index in [-0.39, 0.29) is 34.4 Å². The molecule has 0 aliphatic rings. The Morgan fingerprint density at radius 1 is 1.29 bits per heavy atom. The maximum absolute atomic E-state index is 11.9. The van der Waals surface area contributed by atoms with Gasteiger partial charge < -0.3 is 14.8 Å². The van der Waals surface area contributed by atoms with Crippen LogP contribution in [0, 0.1) is 11.3 Å². The predicted molar refractivity (Wildman–Crippen MR) is 91.0 cm³/mol. The number of hydrogen-bond donors (Lipinski definition) is 1. The van der Waals surface area contributed by atoms with E-state index in [1.165, 1.54) is 12.1 Å². The van der Waals surface area contributed by atoms with E-state index in [0.717, 1.165) is 6.20 Å². The summed E-state index contributed by atoms with van der Waals surface area (Å²) in [5.41, 5.74) is 0.0676. The first-order valence-electron chi connectivity index (χ1n) is 7.15. The predicted octanol–water partition coefficient (Wildman–Crippen LogP) is 3.94. The number of halogens is 2. The van der Waals surface area contributed by atoms with E-state index < -0.39 is 11.9 Å². The van der Waals surface area contributed by atoms with Gasteiger partial charge >= 0.3 is 11.9 Å². The van der Waals surface area contributed by atoms with Crippen LogP contribution in [0.3, 0.4) is 0 Å². The molecule has 1 aromatic rings. The molecule has 0 aromatic heterocycles. The molecule has 6 nitrogen and oxygen atoms in total. The number of nitriles is 1.